The molecule has 1 atom stereocenters. The topological polar surface area (TPSA) is 67.4 Å². The molecule has 0 aromatic rings. The predicted octanol–water partition coefficient (Wildman–Crippen LogP) is 2.61. The average Bonchev–Trinajstić information content (AvgIpc) is 2.10. The molecule has 0 radical (unpaired) electrons. The molecule has 0 heterocycles. The summed E-state index contributed by atoms with van der Waals surface area (Å²) in [5.74, 6) is 0.658. The van der Waals surface area contributed by atoms with Crippen molar-refractivity contribution in [3.63, 3.8) is 0 Å². The number of hydrazine groups is 1. The minimum atomic E-state index is -0.646. The van der Waals surface area contributed by atoms with Gasteiger partial charge < -0.3 is 4.74 Å². The van der Waals surface area contributed by atoms with Gasteiger partial charge in [-0.15, -0.1) is 0 Å². The largest absolute Gasteiger partial charge is 0.443 e. The lowest BCUT2D eigenvalue weighted by Crippen LogP contribution is -2.44. The Bertz CT molecular complexity index is 282. The monoisotopic (exact) mass is 258 g/mol. The van der Waals surface area contributed by atoms with Crippen LogP contribution in [-0.2, 0) is 9.53 Å². The number of rotatable bonds is 4. The van der Waals surface area contributed by atoms with Gasteiger partial charge in [0, 0.05) is 6.42 Å². The summed E-state index contributed by atoms with van der Waals surface area (Å²) in [4.78, 5) is 22.8. The molecular weight excluding hydrogens is 232 g/mol. The van der Waals surface area contributed by atoms with Gasteiger partial charge in [0.2, 0.25) is 5.91 Å². The first-order valence-corrected chi connectivity index (χ1v) is 6.38. The Kier molecular flexibility index (Phi) is 6.73. The predicted molar refractivity (Wildman–Crippen MR) is 70.7 cm³/mol. The lowest BCUT2D eigenvalue weighted by atomic mass is 9.96. The zero-order chi connectivity index (χ0) is 14.3. The number of ether oxygens (including phenoxy) is 1. The lowest BCUT2D eigenvalue weighted by Gasteiger charge is -2.20. The quantitative estimate of drug-likeness (QED) is 0.762. The smallest absolute Gasteiger partial charge is 0.426 e. The highest BCUT2D eigenvalue weighted by atomic mass is 16.6. The number of nitrogens with one attached hydrogen (secondary N) is 2. The summed E-state index contributed by atoms with van der Waals surface area (Å²) in [5.41, 5.74) is 4.01. The molecule has 0 aromatic heterocycles. The molecule has 106 valence electrons. The Morgan fingerprint density at radius 3 is 2.11 bits per heavy atom. The van der Waals surface area contributed by atoms with Gasteiger partial charge in [0.15, 0.2) is 0 Å². The summed E-state index contributed by atoms with van der Waals surface area (Å²) in [6.45, 7) is 11.5. The molecule has 2 amide bonds. The van der Waals surface area contributed by atoms with Gasteiger partial charge in [-0.05, 0) is 39.0 Å². The van der Waals surface area contributed by atoms with E-state index < -0.39 is 11.7 Å². The molecule has 0 bridgehead atoms. The van der Waals surface area contributed by atoms with Crippen molar-refractivity contribution in [1.29, 1.82) is 0 Å². The fourth-order valence-electron chi connectivity index (χ4n) is 1.68. The molecule has 18 heavy (non-hydrogen) atoms. The van der Waals surface area contributed by atoms with Gasteiger partial charge in [-0.1, -0.05) is 20.8 Å². The van der Waals surface area contributed by atoms with Crippen LogP contribution in [0.15, 0.2) is 0 Å². The minimum Gasteiger partial charge on any atom is -0.443 e. The first-order chi connectivity index (χ1) is 8.10. The van der Waals surface area contributed by atoms with Gasteiger partial charge in [0.25, 0.3) is 0 Å². The van der Waals surface area contributed by atoms with Crippen LogP contribution in [0.1, 0.15) is 54.4 Å². The van der Waals surface area contributed by atoms with Gasteiger partial charge in [-0.2, -0.15) is 0 Å². The highest BCUT2D eigenvalue weighted by molar-refractivity contribution is 5.79. The Labute approximate surface area is 110 Å². The van der Waals surface area contributed by atoms with E-state index in [0.717, 1.165) is 6.42 Å². The maximum absolute atomic E-state index is 11.5. The molecular formula is C13H26N2O3. The third kappa shape index (κ3) is 9.93. The van der Waals surface area contributed by atoms with E-state index in [1.807, 2.05) is 6.92 Å². The molecule has 0 saturated carbocycles. The molecule has 2 N–H and O–H groups in total. The minimum absolute atomic E-state index is 0.200. The normalized spacial score (nSPS) is 13.1. The third-order valence-electron chi connectivity index (χ3n) is 2.11. The van der Waals surface area contributed by atoms with Gasteiger partial charge in [0.05, 0.1) is 0 Å². The van der Waals surface area contributed by atoms with Crippen molar-refractivity contribution < 1.29 is 14.3 Å². The summed E-state index contributed by atoms with van der Waals surface area (Å²) in [5, 5.41) is 0. The second-order valence-electron chi connectivity index (χ2n) is 6.11. The van der Waals surface area contributed by atoms with Gasteiger partial charge in [-0.3, -0.25) is 10.2 Å². The van der Waals surface area contributed by atoms with Crippen molar-refractivity contribution in [1.82, 2.24) is 10.9 Å². The SMILES string of the molecule is CC(C)CC(C)CC(=O)NNC(=O)OC(C)(C)C. The van der Waals surface area contributed by atoms with Crippen molar-refractivity contribution in [2.45, 2.75) is 60.0 Å². The molecule has 0 rings (SSSR count). The van der Waals surface area contributed by atoms with Crippen LogP contribution in [0.3, 0.4) is 0 Å². The maximum atomic E-state index is 11.5. The van der Waals surface area contributed by atoms with Crippen molar-refractivity contribution >= 4 is 12.0 Å². The van der Waals surface area contributed by atoms with Crippen LogP contribution in [0.5, 0.6) is 0 Å². The Hall–Kier alpha value is -1.26. The number of hydrogen-bond donors (Lipinski definition) is 2. The molecule has 0 aromatic carbocycles. The first kappa shape index (κ1) is 16.7. The lowest BCUT2D eigenvalue weighted by molar-refractivity contribution is -0.123. The van der Waals surface area contributed by atoms with Crippen LogP contribution in [0.4, 0.5) is 4.79 Å². The Balaban J connectivity index is 3.87. The second-order valence-corrected chi connectivity index (χ2v) is 6.11. The average molecular weight is 258 g/mol. The molecule has 5 heteroatoms. The molecule has 0 aliphatic carbocycles. The van der Waals surface area contributed by atoms with E-state index in [4.69, 9.17) is 4.74 Å². The molecule has 0 aliphatic heterocycles. The van der Waals surface area contributed by atoms with Gasteiger partial charge in [0.1, 0.15) is 5.60 Å². The van der Waals surface area contributed by atoms with Crippen molar-refractivity contribution in [2.24, 2.45) is 11.8 Å². The highest BCUT2D eigenvalue weighted by Crippen LogP contribution is 2.13. The van der Waals surface area contributed by atoms with E-state index in [9.17, 15) is 9.59 Å². The Morgan fingerprint density at radius 1 is 1.11 bits per heavy atom. The van der Waals surface area contributed by atoms with Crippen LogP contribution in [0.2, 0.25) is 0 Å². The van der Waals surface area contributed by atoms with Crippen LogP contribution in [0.25, 0.3) is 0 Å². The van der Waals surface area contributed by atoms with Crippen molar-refractivity contribution in [3.05, 3.63) is 0 Å². The first-order valence-electron chi connectivity index (χ1n) is 6.38. The molecule has 0 spiro atoms. The second kappa shape index (κ2) is 7.24. The third-order valence-corrected chi connectivity index (χ3v) is 2.11. The maximum Gasteiger partial charge on any atom is 0.426 e. The fraction of sp³-hybridized carbons (Fsp3) is 0.846. The van der Waals surface area contributed by atoms with Crippen LogP contribution in [-0.4, -0.2) is 17.6 Å². The van der Waals surface area contributed by atoms with E-state index in [1.54, 1.807) is 20.8 Å². The van der Waals surface area contributed by atoms with Crippen LogP contribution >= 0.6 is 0 Å². The summed E-state index contributed by atoms with van der Waals surface area (Å²) in [7, 11) is 0. The molecule has 1 unspecified atom stereocenters. The van der Waals surface area contributed by atoms with Crippen molar-refractivity contribution in [3.8, 4) is 0 Å². The molecule has 0 fully saturated rings. The number of carbonyl (C=O) groups excluding carboxylic acids is 2. The van der Waals surface area contributed by atoms with E-state index in [2.05, 4.69) is 24.7 Å². The van der Waals surface area contributed by atoms with E-state index in [0.29, 0.717) is 18.3 Å². The number of carbonyl (C=O) groups is 2. The van der Waals surface area contributed by atoms with E-state index in [-0.39, 0.29) is 5.91 Å². The summed E-state index contributed by atoms with van der Waals surface area (Å²) in [6, 6.07) is 0. The summed E-state index contributed by atoms with van der Waals surface area (Å²) >= 11 is 0. The number of amides is 2. The molecule has 0 saturated heterocycles. The highest BCUT2D eigenvalue weighted by Gasteiger charge is 2.17. The Morgan fingerprint density at radius 2 is 1.67 bits per heavy atom. The van der Waals surface area contributed by atoms with Gasteiger partial charge in [-0.25, -0.2) is 10.2 Å². The van der Waals surface area contributed by atoms with Crippen molar-refractivity contribution in [2.75, 3.05) is 0 Å². The zero-order valence-electron chi connectivity index (χ0n) is 12.3. The standard InChI is InChI=1S/C13H26N2O3/c1-9(2)7-10(3)8-11(16)14-15-12(17)18-13(4,5)6/h9-10H,7-8H2,1-6H3,(H,14,16)(H,15,17). The van der Waals surface area contributed by atoms with Crippen LogP contribution in [0, 0.1) is 11.8 Å². The van der Waals surface area contributed by atoms with E-state index in [1.165, 1.54) is 0 Å². The number of hydrogen-bond acceptors (Lipinski definition) is 3. The summed E-state index contributed by atoms with van der Waals surface area (Å²) in [6.07, 6.45) is 0.737. The summed E-state index contributed by atoms with van der Waals surface area (Å²) < 4.78 is 4.99. The molecule has 5 nitrogen and oxygen atoms in total. The zero-order valence-corrected chi connectivity index (χ0v) is 12.3. The molecule has 0 aliphatic rings. The van der Waals surface area contributed by atoms with Crippen LogP contribution < -0.4 is 10.9 Å². The van der Waals surface area contributed by atoms with Gasteiger partial charge >= 0.3 is 6.09 Å². The fourth-order valence-corrected chi connectivity index (χ4v) is 1.68. The van der Waals surface area contributed by atoms with E-state index >= 15 is 0 Å².